The number of nitrogens with two attached hydrogens (primary N) is 1. The quantitative estimate of drug-likeness (QED) is 0.800. The minimum atomic E-state index is -5.08. The van der Waals surface area contributed by atoms with E-state index in [-0.39, 0.29) is 11.8 Å². The SMILES string of the molecule is Cc1ccc(-c2cnc(N3CCC(C(N)=O)CC3)s2)cc1.O=C(O)C(F)(F)F. The molecular weight excluding hydrogens is 395 g/mol. The molecule has 3 rings (SSSR count). The lowest BCUT2D eigenvalue weighted by atomic mass is 9.97. The van der Waals surface area contributed by atoms with E-state index in [0.717, 1.165) is 31.1 Å². The number of primary amides is 1. The van der Waals surface area contributed by atoms with Gasteiger partial charge < -0.3 is 15.7 Å². The van der Waals surface area contributed by atoms with Crippen molar-refractivity contribution >= 4 is 28.3 Å². The molecule has 2 heterocycles. The van der Waals surface area contributed by atoms with Crippen LogP contribution < -0.4 is 10.6 Å². The summed E-state index contributed by atoms with van der Waals surface area (Å²) in [5.74, 6) is -2.90. The maximum atomic E-state index is 11.2. The Morgan fingerprint density at radius 2 is 1.75 bits per heavy atom. The molecule has 1 fully saturated rings. The molecule has 1 amide bonds. The molecule has 0 saturated carbocycles. The summed E-state index contributed by atoms with van der Waals surface area (Å²) in [6.45, 7) is 3.80. The molecule has 2 aromatic rings. The van der Waals surface area contributed by atoms with Gasteiger partial charge in [-0.3, -0.25) is 4.79 Å². The number of halogens is 3. The van der Waals surface area contributed by atoms with E-state index in [1.54, 1.807) is 11.3 Å². The summed E-state index contributed by atoms with van der Waals surface area (Å²) in [4.78, 5) is 28.1. The summed E-state index contributed by atoms with van der Waals surface area (Å²) in [5, 5.41) is 8.16. The number of aliphatic carboxylic acids is 1. The monoisotopic (exact) mass is 415 g/mol. The summed E-state index contributed by atoms with van der Waals surface area (Å²) < 4.78 is 31.7. The zero-order valence-corrected chi connectivity index (χ0v) is 15.9. The van der Waals surface area contributed by atoms with Gasteiger partial charge >= 0.3 is 12.1 Å². The van der Waals surface area contributed by atoms with Gasteiger partial charge in [0, 0.05) is 25.2 Å². The molecule has 6 nitrogen and oxygen atoms in total. The van der Waals surface area contributed by atoms with E-state index in [1.165, 1.54) is 16.0 Å². The van der Waals surface area contributed by atoms with Crippen molar-refractivity contribution in [3.63, 3.8) is 0 Å². The molecular formula is C18H20F3N3O3S. The number of hydrogen-bond acceptors (Lipinski definition) is 5. The summed E-state index contributed by atoms with van der Waals surface area (Å²) in [6, 6.07) is 8.50. The van der Waals surface area contributed by atoms with E-state index in [9.17, 15) is 18.0 Å². The van der Waals surface area contributed by atoms with Gasteiger partial charge in [-0.25, -0.2) is 9.78 Å². The fourth-order valence-electron chi connectivity index (χ4n) is 2.62. The first-order valence-corrected chi connectivity index (χ1v) is 9.27. The molecule has 1 aliphatic heterocycles. The molecule has 0 spiro atoms. The van der Waals surface area contributed by atoms with Crippen molar-refractivity contribution in [2.45, 2.75) is 25.9 Å². The fraction of sp³-hybridized carbons (Fsp3) is 0.389. The highest BCUT2D eigenvalue weighted by molar-refractivity contribution is 7.18. The summed E-state index contributed by atoms with van der Waals surface area (Å²) >= 11 is 1.71. The van der Waals surface area contributed by atoms with Crippen molar-refractivity contribution in [3.8, 4) is 10.4 Å². The molecule has 0 bridgehead atoms. The third-order valence-electron chi connectivity index (χ3n) is 4.24. The van der Waals surface area contributed by atoms with E-state index in [1.807, 2.05) is 6.20 Å². The first-order chi connectivity index (χ1) is 13.1. The number of thiazole rings is 1. The number of nitrogens with zero attached hydrogens (tertiary/aromatic N) is 2. The number of alkyl halides is 3. The van der Waals surface area contributed by atoms with Gasteiger partial charge in [-0.1, -0.05) is 41.2 Å². The van der Waals surface area contributed by atoms with Crippen LogP contribution in [0, 0.1) is 12.8 Å². The van der Waals surface area contributed by atoms with Crippen LogP contribution in [0.5, 0.6) is 0 Å². The Morgan fingerprint density at radius 1 is 1.21 bits per heavy atom. The number of anilines is 1. The number of carbonyl (C=O) groups excluding carboxylic acids is 1. The Kier molecular flexibility index (Phi) is 7.00. The number of amides is 1. The van der Waals surface area contributed by atoms with E-state index < -0.39 is 12.1 Å². The lowest BCUT2D eigenvalue weighted by Gasteiger charge is -2.30. The van der Waals surface area contributed by atoms with Crippen molar-refractivity contribution in [1.29, 1.82) is 0 Å². The van der Waals surface area contributed by atoms with Crippen molar-refractivity contribution in [1.82, 2.24) is 4.98 Å². The number of carbonyl (C=O) groups is 2. The molecule has 0 aliphatic carbocycles. The van der Waals surface area contributed by atoms with Crippen molar-refractivity contribution in [3.05, 3.63) is 36.0 Å². The van der Waals surface area contributed by atoms with Crippen LogP contribution in [0.25, 0.3) is 10.4 Å². The van der Waals surface area contributed by atoms with Gasteiger partial charge in [-0.15, -0.1) is 0 Å². The van der Waals surface area contributed by atoms with Gasteiger partial charge in [-0.05, 0) is 25.3 Å². The topological polar surface area (TPSA) is 96.5 Å². The molecule has 1 aliphatic rings. The van der Waals surface area contributed by atoms with Crippen molar-refractivity contribution in [2.24, 2.45) is 11.7 Å². The number of benzene rings is 1. The number of aromatic nitrogens is 1. The molecule has 28 heavy (non-hydrogen) atoms. The normalized spacial score (nSPS) is 14.9. The predicted octanol–water partition coefficient (Wildman–Crippen LogP) is 3.45. The van der Waals surface area contributed by atoms with Gasteiger partial charge in [0.1, 0.15) is 0 Å². The molecule has 1 saturated heterocycles. The highest BCUT2D eigenvalue weighted by Gasteiger charge is 2.38. The van der Waals surface area contributed by atoms with Crippen LogP contribution in [0.4, 0.5) is 18.3 Å². The van der Waals surface area contributed by atoms with Gasteiger partial charge in [0.25, 0.3) is 0 Å². The Morgan fingerprint density at radius 3 is 2.21 bits per heavy atom. The summed E-state index contributed by atoms with van der Waals surface area (Å²) in [6.07, 6.45) is -1.49. The molecule has 152 valence electrons. The number of piperidine rings is 1. The lowest BCUT2D eigenvalue weighted by molar-refractivity contribution is -0.192. The van der Waals surface area contributed by atoms with Crippen LogP contribution in [0.2, 0.25) is 0 Å². The zero-order valence-electron chi connectivity index (χ0n) is 15.1. The summed E-state index contributed by atoms with van der Waals surface area (Å²) in [5.41, 5.74) is 7.84. The van der Waals surface area contributed by atoms with Crippen LogP contribution in [-0.4, -0.2) is 41.2 Å². The zero-order chi connectivity index (χ0) is 20.9. The van der Waals surface area contributed by atoms with Crippen LogP contribution in [0.1, 0.15) is 18.4 Å². The van der Waals surface area contributed by atoms with Crippen LogP contribution in [0.15, 0.2) is 30.5 Å². The maximum Gasteiger partial charge on any atom is 0.490 e. The smallest absolute Gasteiger partial charge is 0.475 e. The Bertz CT molecular complexity index is 813. The van der Waals surface area contributed by atoms with Gasteiger partial charge in [0.15, 0.2) is 5.13 Å². The van der Waals surface area contributed by atoms with Gasteiger partial charge in [0.05, 0.1) is 4.88 Å². The second kappa shape index (κ2) is 9.05. The summed E-state index contributed by atoms with van der Waals surface area (Å²) in [7, 11) is 0. The molecule has 0 radical (unpaired) electrons. The average Bonchev–Trinajstić information content (AvgIpc) is 3.12. The number of aryl methyl sites for hydroxylation is 1. The second-order valence-electron chi connectivity index (χ2n) is 6.34. The number of carboxylic acid groups (broad SMARTS) is 1. The lowest BCUT2D eigenvalue weighted by Crippen LogP contribution is -2.38. The van der Waals surface area contributed by atoms with E-state index in [2.05, 4.69) is 41.1 Å². The number of hydrogen-bond donors (Lipinski definition) is 2. The van der Waals surface area contributed by atoms with Crippen LogP contribution in [0.3, 0.4) is 0 Å². The van der Waals surface area contributed by atoms with E-state index in [0.29, 0.717) is 0 Å². The first-order valence-electron chi connectivity index (χ1n) is 8.45. The number of rotatable bonds is 3. The second-order valence-corrected chi connectivity index (χ2v) is 7.35. The molecule has 3 N–H and O–H groups in total. The highest BCUT2D eigenvalue weighted by Crippen LogP contribution is 2.33. The van der Waals surface area contributed by atoms with E-state index >= 15 is 0 Å². The Hall–Kier alpha value is -2.62. The third kappa shape index (κ3) is 5.95. The Balaban J connectivity index is 0.000000345. The molecule has 1 aromatic carbocycles. The fourth-order valence-corrected chi connectivity index (χ4v) is 3.59. The van der Waals surface area contributed by atoms with Gasteiger partial charge in [-0.2, -0.15) is 13.2 Å². The maximum absolute atomic E-state index is 11.2. The molecule has 1 aromatic heterocycles. The van der Waals surface area contributed by atoms with Crippen molar-refractivity contribution < 1.29 is 27.9 Å². The van der Waals surface area contributed by atoms with Gasteiger partial charge in [0.2, 0.25) is 5.91 Å². The number of carboxylic acids is 1. The van der Waals surface area contributed by atoms with Crippen LogP contribution in [-0.2, 0) is 9.59 Å². The first kappa shape index (κ1) is 21.7. The third-order valence-corrected chi connectivity index (χ3v) is 5.35. The minimum absolute atomic E-state index is 0.0257. The average molecular weight is 415 g/mol. The highest BCUT2D eigenvalue weighted by atomic mass is 32.1. The minimum Gasteiger partial charge on any atom is -0.475 e. The standard InChI is InChI=1S/C16H19N3OS.C2HF3O2/c1-11-2-4-12(5-3-11)14-10-18-16(21-14)19-8-6-13(7-9-19)15(17)20;3-2(4,5)1(6)7/h2-5,10,13H,6-9H2,1H3,(H2,17,20);(H,6,7). The largest absolute Gasteiger partial charge is 0.490 e. The van der Waals surface area contributed by atoms with E-state index in [4.69, 9.17) is 15.6 Å². The molecule has 0 atom stereocenters. The molecule has 10 heteroatoms. The van der Waals surface area contributed by atoms with Crippen LogP contribution >= 0.6 is 11.3 Å². The molecule has 0 unspecified atom stereocenters. The Labute approximate surface area is 163 Å². The predicted molar refractivity (Wildman–Crippen MR) is 100 cm³/mol. The van der Waals surface area contributed by atoms with Crippen molar-refractivity contribution in [2.75, 3.05) is 18.0 Å².